The van der Waals surface area contributed by atoms with Crippen molar-refractivity contribution in [2.45, 2.75) is 74.3 Å². The van der Waals surface area contributed by atoms with Crippen LogP contribution in [0.2, 0.25) is 0 Å². The van der Waals surface area contributed by atoms with E-state index in [0.29, 0.717) is 19.4 Å². The van der Waals surface area contributed by atoms with Gasteiger partial charge in [-0.1, -0.05) is 6.92 Å². The van der Waals surface area contributed by atoms with Crippen molar-refractivity contribution >= 4 is 0 Å². The minimum Gasteiger partial charge on any atom is -0.392 e. The van der Waals surface area contributed by atoms with Crippen LogP contribution in [0.4, 0.5) is 0 Å². The van der Waals surface area contributed by atoms with Crippen LogP contribution in [0.5, 0.6) is 0 Å². The fourth-order valence-corrected chi connectivity index (χ4v) is 11.0. The molecule has 188 valence electrons. The van der Waals surface area contributed by atoms with Crippen LogP contribution in [-0.2, 0) is 18.9 Å². The third-order valence-electron chi connectivity index (χ3n) is 11.5. The van der Waals surface area contributed by atoms with Crippen LogP contribution in [0.3, 0.4) is 0 Å². The number of rotatable bonds is 6. The van der Waals surface area contributed by atoms with Crippen LogP contribution >= 0.6 is 0 Å². The van der Waals surface area contributed by atoms with Crippen molar-refractivity contribution in [1.82, 2.24) is 4.90 Å². The SMILES string of the molecule is CCN1C[C@]2(COC)CCC(O)[C@@]34[C@@H]5C[C@H]6[C@H](OC)[C@@H]5[C@](O)(C[C@@H]6OC)[C@@](O)(C(OC)[C@H]23)[C@@H]14. The Balaban J connectivity index is 1.67. The Hall–Kier alpha value is -0.320. The lowest BCUT2D eigenvalue weighted by Gasteiger charge is -2.69. The highest BCUT2D eigenvalue weighted by Crippen LogP contribution is 2.80. The molecule has 33 heavy (non-hydrogen) atoms. The maximum absolute atomic E-state index is 12.9. The van der Waals surface area contributed by atoms with Gasteiger partial charge in [-0.3, -0.25) is 4.90 Å². The quantitative estimate of drug-likeness (QED) is 0.512. The van der Waals surface area contributed by atoms with E-state index in [4.69, 9.17) is 18.9 Å². The Bertz CT molecular complexity index is 814. The molecule has 1 heterocycles. The van der Waals surface area contributed by atoms with E-state index in [1.807, 2.05) is 0 Å². The molecule has 0 aromatic heterocycles. The molecule has 8 nitrogen and oxygen atoms in total. The molecule has 1 spiro atoms. The molecule has 0 amide bonds. The monoisotopic (exact) mass is 467 g/mol. The second-order valence-electron chi connectivity index (χ2n) is 11.9. The molecule has 5 saturated carbocycles. The highest BCUT2D eigenvalue weighted by atomic mass is 16.5. The number of ether oxygens (including phenoxy) is 4. The summed E-state index contributed by atoms with van der Waals surface area (Å²) in [6.07, 6.45) is 1.06. The predicted molar refractivity (Wildman–Crippen MR) is 119 cm³/mol. The van der Waals surface area contributed by atoms with Gasteiger partial charge in [-0.05, 0) is 31.7 Å². The summed E-state index contributed by atoms with van der Waals surface area (Å²) in [5.41, 5.74) is -3.82. The van der Waals surface area contributed by atoms with E-state index in [1.54, 1.807) is 28.4 Å². The molecule has 3 N–H and O–H groups in total. The zero-order valence-corrected chi connectivity index (χ0v) is 20.6. The van der Waals surface area contributed by atoms with Gasteiger partial charge in [0, 0.05) is 70.0 Å². The maximum Gasteiger partial charge on any atom is 0.136 e. The Morgan fingerprint density at radius 3 is 2.42 bits per heavy atom. The molecule has 0 aromatic rings. The first-order valence-electron chi connectivity index (χ1n) is 12.7. The lowest BCUT2D eigenvalue weighted by Crippen LogP contribution is -2.82. The Morgan fingerprint density at radius 1 is 1.06 bits per heavy atom. The molecule has 13 atom stereocenters. The number of nitrogens with zero attached hydrogens (tertiary/aromatic N) is 1. The molecule has 2 unspecified atom stereocenters. The van der Waals surface area contributed by atoms with Gasteiger partial charge >= 0.3 is 0 Å². The van der Waals surface area contributed by atoms with E-state index < -0.39 is 28.8 Å². The van der Waals surface area contributed by atoms with Crippen molar-refractivity contribution < 1.29 is 34.3 Å². The standard InChI is InChI=1S/C25H41NO7/c1-6-26-11-22(12-30-2)8-7-16(27)24-14-9-13-15(31-3)10-23(28,17(14)18(13)32-4)25(29,21(24)26)20(33-5)19(22)24/h13-21,27-29H,6-12H2,1-5H3/t13-,14-,15+,16?,17-,18+,19-,20?,21+,22+,23-,24+,25-/m1/s1. The summed E-state index contributed by atoms with van der Waals surface area (Å²) in [7, 11) is 6.79. The van der Waals surface area contributed by atoms with Gasteiger partial charge in [0.25, 0.3) is 0 Å². The van der Waals surface area contributed by atoms with Crippen LogP contribution < -0.4 is 0 Å². The third-order valence-corrected chi connectivity index (χ3v) is 11.5. The largest absolute Gasteiger partial charge is 0.392 e. The van der Waals surface area contributed by atoms with E-state index >= 15 is 0 Å². The molecule has 0 radical (unpaired) electrons. The van der Waals surface area contributed by atoms with Crippen molar-refractivity contribution in [1.29, 1.82) is 0 Å². The van der Waals surface area contributed by atoms with Gasteiger partial charge in [-0.25, -0.2) is 0 Å². The Morgan fingerprint density at radius 2 is 1.82 bits per heavy atom. The fourth-order valence-electron chi connectivity index (χ4n) is 11.0. The highest BCUT2D eigenvalue weighted by Gasteiger charge is 2.91. The van der Waals surface area contributed by atoms with E-state index in [-0.39, 0.29) is 47.3 Å². The number of likely N-dealkylation sites (N-methyl/N-ethyl adjacent to an activating group) is 1. The number of methoxy groups -OCH3 is 4. The first kappa shape index (κ1) is 23.1. The number of piperidine rings is 1. The van der Waals surface area contributed by atoms with Crippen molar-refractivity contribution in [2.24, 2.45) is 34.5 Å². The molecule has 1 aliphatic heterocycles. The number of hydrogen-bond donors (Lipinski definition) is 3. The normalized spacial score (nSPS) is 60.9. The molecule has 5 aliphatic carbocycles. The fraction of sp³-hybridized carbons (Fsp3) is 1.00. The maximum atomic E-state index is 12.9. The molecular formula is C25H41NO7. The molecule has 7 bridgehead atoms. The molecule has 6 fully saturated rings. The second kappa shape index (κ2) is 7.13. The minimum atomic E-state index is -1.55. The lowest BCUT2D eigenvalue weighted by molar-refractivity contribution is -0.318. The van der Waals surface area contributed by atoms with Gasteiger partial charge in [-0.2, -0.15) is 0 Å². The van der Waals surface area contributed by atoms with Gasteiger partial charge in [0.15, 0.2) is 0 Å². The van der Waals surface area contributed by atoms with E-state index in [2.05, 4.69) is 11.8 Å². The molecule has 8 heteroatoms. The molecule has 0 aromatic carbocycles. The van der Waals surface area contributed by atoms with Crippen LogP contribution in [0.1, 0.15) is 32.6 Å². The topological polar surface area (TPSA) is 101 Å². The van der Waals surface area contributed by atoms with Crippen molar-refractivity contribution in [3.05, 3.63) is 0 Å². The lowest BCUT2D eigenvalue weighted by atomic mass is 9.42. The smallest absolute Gasteiger partial charge is 0.136 e. The van der Waals surface area contributed by atoms with Crippen LogP contribution in [-0.4, -0.2) is 110 Å². The van der Waals surface area contributed by atoms with Gasteiger partial charge in [0.1, 0.15) is 11.2 Å². The van der Waals surface area contributed by atoms with Crippen LogP contribution in [0, 0.1) is 34.5 Å². The van der Waals surface area contributed by atoms with Gasteiger partial charge in [-0.15, -0.1) is 0 Å². The average molecular weight is 468 g/mol. The summed E-state index contributed by atoms with van der Waals surface area (Å²) in [6, 6.07) is -0.386. The van der Waals surface area contributed by atoms with Crippen molar-refractivity contribution in [2.75, 3.05) is 48.1 Å². The number of hydrogen-bond acceptors (Lipinski definition) is 8. The summed E-state index contributed by atoms with van der Waals surface area (Å²) in [6.45, 7) is 4.18. The number of fused-ring (bicyclic) bond motifs is 2. The summed E-state index contributed by atoms with van der Waals surface area (Å²) in [5, 5.41) is 37.6. The summed E-state index contributed by atoms with van der Waals surface area (Å²) in [5.74, 6) is -0.231. The number of likely N-dealkylation sites (tertiary alicyclic amines) is 1. The van der Waals surface area contributed by atoms with Gasteiger partial charge in [0.05, 0.1) is 37.1 Å². The zero-order valence-electron chi connectivity index (χ0n) is 20.6. The average Bonchev–Trinajstić information content (AvgIpc) is 3.22. The highest BCUT2D eigenvalue weighted by molar-refractivity contribution is 5.41. The summed E-state index contributed by atoms with van der Waals surface area (Å²) in [4.78, 5) is 2.33. The van der Waals surface area contributed by atoms with Crippen LogP contribution in [0.25, 0.3) is 0 Å². The minimum absolute atomic E-state index is 0.00825. The second-order valence-corrected chi connectivity index (χ2v) is 11.9. The zero-order chi connectivity index (χ0) is 23.6. The molecule has 1 saturated heterocycles. The van der Waals surface area contributed by atoms with E-state index in [1.165, 1.54) is 0 Å². The van der Waals surface area contributed by atoms with Gasteiger partial charge in [0.2, 0.25) is 0 Å². The Kier molecular flexibility index (Phi) is 4.99. The number of aliphatic hydroxyl groups excluding tert-OH is 1. The van der Waals surface area contributed by atoms with E-state index in [9.17, 15) is 15.3 Å². The first-order valence-corrected chi connectivity index (χ1v) is 12.7. The number of aliphatic hydroxyl groups is 3. The van der Waals surface area contributed by atoms with Crippen LogP contribution in [0.15, 0.2) is 0 Å². The van der Waals surface area contributed by atoms with Gasteiger partial charge < -0.3 is 34.3 Å². The first-order chi connectivity index (χ1) is 15.8. The molecule has 6 aliphatic rings. The Labute approximate surface area is 196 Å². The van der Waals surface area contributed by atoms with Crippen molar-refractivity contribution in [3.8, 4) is 0 Å². The van der Waals surface area contributed by atoms with E-state index in [0.717, 1.165) is 25.9 Å². The molecular weight excluding hydrogens is 426 g/mol. The summed E-state index contributed by atoms with van der Waals surface area (Å²) < 4.78 is 24.0. The third kappa shape index (κ3) is 2.20. The van der Waals surface area contributed by atoms with Crippen molar-refractivity contribution in [3.63, 3.8) is 0 Å². The molecule has 6 rings (SSSR count). The predicted octanol–water partition coefficient (Wildman–Crippen LogP) is 0.271. The summed E-state index contributed by atoms with van der Waals surface area (Å²) >= 11 is 0.